The third-order valence-electron chi connectivity index (χ3n) is 5.42. The lowest BCUT2D eigenvalue weighted by atomic mass is 10.0. The molecule has 12 heteroatoms. The molecule has 1 amide bonds. The molecule has 0 fully saturated rings. The smallest absolute Gasteiger partial charge is 0.474 e. The van der Waals surface area contributed by atoms with Crippen LogP contribution in [0.5, 0.6) is 5.88 Å². The standard InChI is InChI=1S/C25H26N5O6P/c1-5-23(31)29-20-9-18(12-26-14-20)19-10-21-22(17-7-8-27-24(11-17)34-4)15-30(25(21)28-13-19)16(3)36-37(32,33)35-6-2/h5,7-16H,1,6H2,2-4H3,(H,29,31)(H,32,33). The van der Waals surface area contributed by atoms with E-state index in [0.717, 1.165) is 27.6 Å². The molecule has 4 aromatic heterocycles. The van der Waals surface area contributed by atoms with Crippen LogP contribution in [0.15, 0.2) is 67.9 Å². The zero-order chi connectivity index (χ0) is 26.6. The Morgan fingerprint density at radius 1 is 1.22 bits per heavy atom. The van der Waals surface area contributed by atoms with Crippen molar-refractivity contribution in [2.24, 2.45) is 0 Å². The molecule has 4 rings (SSSR count). The number of carbonyl (C=O) groups is 1. The van der Waals surface area contributed by atoms with E-state index >= 15 is 0 Å². The van der Waals surface area contributed by atoms with E-state index in [1.54, 1.807) is 55.3 Å². The Hall–Kier alpha value is -3.89. The molecular formula is C25H26N5O6P. The number of nitrogens with one attached hydrogen (secondary N) is 1. The van der Waals surface area contributed by atoms with Gasteiger partial charge in [-0.15, -0.1) is 0 Å². The summed E-state index contributed by atoms with van der Waals surface area (Å²) in [5.41, 5.74) is 4.06. The monoisotopic (exact) mass is 523 g/mol. The van der Waals surface area contributed by atoms with Gasteiger partial charge in [0.1, 0.15) is 11.9 Å². The molecule has 0 spiro atoms. The van der Waals surface area contributed by atoms with Gasteiger partial charge in [-0.2, -0.15) is 0 Å². The predicted molar refractivity (Wildman–Crippen MR) is 139 cm³/mol. The number of hydrogen-bond donors (Lipinski definition) is 2. The number of nitrogens with zero attached hydrogens (tertiary/aromatic N) is 4. The predicted octanol–water partition coefficient (Wildman–Crippen LogP) is 4.97. The minimum absolute atomic E-state index is 0.0247. The van der Waals surface area contributed by atoms with Crippen molar-refractivity contribution in [3.8, 4) is 28.1 Å². The first-order chi connectivity index (χ1) is 17.7. The first-order valence-electron chi connectivity index (χ1n) is 11.3. The van der Waals surface area contributed by atoms with Gasteiger partial charge in [-0.05, 0) is 43.7 Å². The Morgan fingerprint density at radius 2 is 2.00 bits per heavy atom. The van der Waals surface area contributed by atoms with Crippen LogP contribution in [0.3, 0.4) is 0 Å². The Labute approximate surface area is 213 Å². The van der Waals surface area contributed by atoms with Crippen molar-refractivity contribution in [3.05, 3.63) is 67.9 Å². The van der Waals surface area contributed by atoms with E-state index in [2.05, 4.69) is 26.8 Å². The summed E-state index contributed by atoms with van der Waals surface area (Å²) in [6.07, 6.45) is 8.56. The minimum atomic E-state index is -4.27. The van der Waals surface area contributed by atoms with Crippen molar-refractivity contribution >= 4 is 30.5 Å². The van der Waals surface area contributed by atoms with Crippen molar-refractivity contribution < 1.29 is 28.0 Å². The topological polar surface area (TPSA) is 138 Å². The molecule has 0 aliphatic carbocycles. The van der Waals surface area contributed by atoms with Gasteiger partial charge in [0.2, 0.25) is 11.8 Å². The normalized spacial score (nSPS) is 13.6. The van der Waals surface area contributed by atoms with Crippen LogP contribution < -0.4 is 10.1 Å². The van der Waals surface area contributed by atoms with E-state index in [0.29, 0.717) is 17.2 Å². The SMILES string of the molecule is C=CC(=O)Nc1cncc(-c2cnc3c(c2)c(-c2ccnc(OC)c2)cn3C(C)OP(=O)(O)OCC)c1. The lowest BCUT2D eigenvalue weighted by Crippen LogP contribution is -2.09. The zero-order valence-electron chi connectivity index (χ0n) is 20.5. The average Bonchev–Trinajstić information content (AvgIpc) is 3.27. The van der Waals surface area contributed by atoms with Gasteiger partial charge in [-0.1, -0.05) is 6.58 Å². The second-order valence-electron chi connectivity index (χ2n) is 7.88. The third-order valence-corrected chi connectivity index (χ3v) is 6.57. The van der Waals surface area contributed by atoms with E-state index in [4.69, 9.17) is 13.8 Å². The number of amides is 1. The molecule has 4 heterocycles. The van der Waals surface area contributed by atoms with E-state index in [1.165, 1.54) is 19.4 Å². The van der Waals surface area contributed by atoms with E-state index in [-0.39, 0.29) is 12.5 Å². The van der Waals surface area contributed by atoms with Gasteiger partial charge in [-0.25, -0.2) is 14.5 Å². The van der Waals surface area contributed by atoms with Crippen LogP contribution in [0.4, 0.5) is 5.69 Å². The second kappa shape index (κ2) is 11.0. The number of rotatable bonds is 10. The summed E-state index contributed by atoms with van der Waals surface area (Å²) in [7, 11) is -2.74. The number of hydrogen-bond acceptors (Lipinski definition) is 8. The van der Waals surface area contributed by atoms with Crippen LogP contribution in [0.25, 0.3) is 33.3 Å². The fourth-order valence-electron chi connectivity index (χ4n) is 3.78. The van der Waals surface area contributed by atoms with Gasteiger partial charge in [0, 0.05) is 52.9 Å². The maximum atomic E-state index is 12.3. The molecule has 4 aromatic rings. The number of aromatic nitrogens is 4. The molecule has 37 heavy (non-hydrogen) atoms. The number of phosphoric acid groups is 1. The molecule has 0 aliphatic heterocycles. The summed E-state index contributed by atoms with van der Waals surface area (Å²) in [6.45, 7) is 6.72. The summed E-state index contributed by atoms with van der Waals surface area (Å²) in [4.78, 5) is 34.8. The van der Waals surface area contributed by atoms with Crippen LogP contribution >= 0.6 is 7.82 Å². The highest BCUT2D eigenvalue weighted by Gasteiger charge is 2.26. The van der Waals surface area contributed by atoms with Gasteiger partial charge in [-0.3, -0.25) is 18.8 Å². The van der Waals surface area contributed by atoms with Crippen molar-refractivity contribution in [2.45, 2.75) is 20.1 Å². The largest absolute Gasteiger partial charge is 0.481 e. The van der Waals surface area contributed by atoms with E-state index < -0.39 is 14.1 Å². The molecule has 2 atom stereocenters. The van der Waals surface area contributed by atoms with Gasteiger partial charge < -0.3 is 19.5 Å². The Balaban J connectivity index is 1.84. The molecule has 0 aliphatic rings. The number of phosphoric ester groups is 1. The number of methoxy groups -OCH3 is 1. The molecular weight excluding hydrogens is 497 g/mol. The summed E-state index contributed by atoms with van der Waals surface area (Å²) in [6, 6.07) is 7.30. The first kappa shape index (κ1) is 26.2. The van der Waals surface area contributed by atoms with E-state index in [9.17, 15) is 14.3 Å². The van der Waals surface area contributed by atoms with Crippen molar-refractivity contribution in [1.82, 2.24) is 19.5 Å². The Kier molecular flexibility index (Phi) is 7.80. The second-order valence-corrected chi connectivity index (χ2v) is 9.28. The lowest BCUT2D eigenvalue weighted by molar-refractivity contribution is -0.111. The van der Waals surface area contributed by atoms with Crippen LogP contribution in [0.1, 0.15) is 20.1 Å². The van der Waals surface area contributed by atoms with Crippen molar-refractivity contribution in [2.75, 3.05) is 19.0 Å². The highest BCUT2D eigenvalue weighted by atomic mass is 31.2. The van der Waals surface area contributed by atoms with Crippen LogP contribution in [0, 0.1) is 0 Å². The summed E-state index contributed by atoms with van der Waals surface area (Å²) < 4.78 is 29.4. The summed E-state index contributed by atoms with van der Waals surface area (Å²) >= 11 is 0. The number of anilines is 1. The highest BCUT2D eigenvalue weighted by Crippen LogP contribution is 2.47. The lowest BCUT2D eigenvalue weighted by Gasteiger charge is -2.18. The quantitative estimate of drug-likeness (QED) is 0.218. The average molecular weight is 523 g/mol. The number of pyridine rings is 3. The maximum absolute atomic E-state index is 12.3. The zero-order valence-corrected chi connectivity index (χ0v) is 21.4. The summed E-state index contributed by atoms with van der Waals surface area (Å²) in [5.74, 6) is 0.0821. The summed E-state index contributed by atoms with van der Waals surface area (Å²) in [5, 5.41) is 3.44. The Bertz CT molecular complexity index is 1500. The van der Waals surface area contributed by atoms with Gasteiger partial charge in [0.05, 0.1) is 25.6 Å². The van der Waals surface area contributed by atoms with Crippen LogP contribution in [-0.2, 0) is 18.4 Å². The highest BCUT2D eigenvalue weighted by molar-refractivity contribution is 7.47. The van der Waals surface area contributed by atoms with Crippen molar-refractivity contribution in [3.63, 3.8) is 0 Å². The molecule has 0 saturated carbocycles. The molecule has 0 aromatic carbocycles. The number of carbonyl (C=O) groups excluding carboxylic acids is 1. The fraction of sp³-hybridized carbons (Fsp3) is 0.200. The van der Waals surface area contributed by atoms with Gasteiger partial charge in [0.15, 0.2) is 0 Å². The molecule has 192 valence electrons. The Morgan fingerprint density at radius 3 is 2.73 bits per heavy atom. The number of ether oxygens (including phenoxy) is 1. The fourth-order valence-corrected chi connectivity index (χ4v) is 4.66. The molecule has 0 saturated heterocycles. The molecule has 2 unspecified atom stereocenters. The maximum Gasteiger partial charge on any atom is 0.474 e. The third kappa shape index (κ3) is 5.92. The molecule has 11 nitrogen and oxygen atoms in total. The van der Waals surface area contributed by atoms with Gasteiger partial charge in [0.25, 0.3) is 0 Å². The minimum Gasteiger partial charge on any atom is -0.481 e. The molecule has 2 N–H and O–H groups in total. The van der Waals surface area contributed by atoms with Gasteiger partial charge >= 0.3 is 7.82 Å². The van der Waals surface area contributed by atoms with Crippen molar-refractivity contribution in [1.29, 1.82) is 0 Å². The number of fused-ring (bicyclic) bond motifs is 1. The van der Waals surface area contributed by atoms with Crippen LogP contribution in [0.2, 0.25) is 0 Å². The molecule has 0 bridgehead atoms. The van der Waals surface area contributed by atoms with E-state index in [1.807, 2.05) is 12.1 Å². The van der Waals surface area contributed by atoms with Crippen LogP contribution in [-0.4, -0.2) is 44.0 Å². The molecule has 0 radical (unpaired) electrons. The first-order valence-corrected chi connectivity index (χ1v) is 12.8.